The van der Waals surface area contributed by atoms with Gasteiger partial charge in [0.2, 0.25) is 23.4 Å². The van der Waals surface area contributed by atoms with Gasteiger partial charge in [-0.1, -0.05) is 91.0 Å². The molecule has 0 bridgehead atoms. The van der Waals surface area contributed by atoms with Crippen LogP contribution in [-0.2, 0) is 95.7 Å². The molecule has 0 unspecified atom stereocenters. The van der Waals surface area contributed by atoms with E-state index >= 15 is 0 Å². The van der Waals surface area contributed by atoms with Crippen LogP contribution in [0.1, 0.15) is 155 Å². The highest BCUT2D eigenvalue weighted by Crippen LogP contribution is 2.49. The number of Topliss-reactive ketones (excluding diaryl/α,β-unsaturated/α-hetero) is 3. The highest BCUT2D eigenvalue weighted by Gasteiger charge is 2.37. The van der Waals surface area contributed by atoms with E-state index in [1.165, 1.54) is 44.2 Å². The number of anilines is 5. The summed E-state index contributed by atoms with van der Waals surface area (Å²) in [5.41, 5.74) is 10.3. The van der Waals surface area contributed by atoms with Gasteiger partial charge in [-0.15, -0.1) is 11.8 Å². The highest BCUT2D eigenvalue weighted by molar-refractivity contribution is 7.99. The average Bonchev–Trinajstić information content (AvgIpc) is 1.17. The van der Waals surface area contributed by atoms with Crippen molar-refractivity contribution in [3.05, 3.63) is 286 Å². The Balaban J connectivity index is 0.517. The molecule has 622 valence electrons. The fraction of sp³-hybridized carbons (Fsp3) is 0.292. The molecule has 0 radical (unpaired) electrons. The molecule has 120 heavy (non-hydrogen) atoms. The number of nitrogens with one attached hydrogen (secondary N) is 7. The van der Waals surface area contributed by atoms with Gasteiger partial charge in [0.25, 0.3) is 29.5 Å². The molecular formula is C89H100N20O10S. The third-order valence-electron chi connectivity index (χ3n) is 20.8. The van der Waals surface area contributed by atoms with E-state index < -0.39 is 34.3 Å². The van der Waals surface area contributed by atoms with Crippen molar-refractivity contribution < 1.29 is 47.9 Å². The zero-order chi connectivity index (χ0) is 85.3. The molecule has 7 amide bonds. The molecule has 0 atom stereocenters. The molecule has 30 nitrogen and oxygen atoms in total. The first-order valence-electron chi connectivity index (χ1n) is 39.4. The number of carbonyl (C=O) groups excluding carboxylic acids is 10. The Morgan fingerprint density at radius 2 is 0.833 bits per heavy atom. The first-order valence-corrected chi connectivity index (χ1v) is 40.4. The quantitative estimate of drug-likeness (QED) is 0.0107. The van der Waals surface area contributed by atoms with E-state index in [9.17, 15) is 47.9 Å². The fourth-order valence-electron chi connectivity index (χ4n) is 14.6. The molecule has 3 aromatic carbocycles. The zero-order valence-electron chi connectivity index (χ0n) is 69.0. The van der Waals surface area contributed by atoms with Gasteiger partial charge in [0.05, 0.1) is 38.9 Å². The number of hydrogen-bond acceptors (Lipinski definition) is 16. The Kier molecular flexibility index (Phi) is 27.9. The minimum absolute atomic E-state index is 0.00553. The van der Waals surface area contributed by atoms with E-state index in [1.807, 2.05) is 56.3 Å². The Morgan fingerprint density at radius 3 is 1.33 bits per heavy atom. The molecule has 0 saturated heterocycles. The van der Waals surface area contributed by atoms with Crippen LogP contribution in [0.15, 0.2) is 201 Å². The van der Waals surface area contributed by atoms with Crippen LogP contribution < -0.4 is 42.1 Å². The van der Waals surface area contributed by atoms with E-state index in [0.717, 1.165) is 30.9 Å². The van der Waals surface area contributed by atoms with Crippen molar-refractivity contribution in [2.45, 2.75) is 61.9 Å². The van der Waals surface area contributed by atoms with E-state index in [1.54, 1.807) is 158 Å². The predicted octanol–water partition coefficient (Wildman–Crippen LogP) is 10.1. The van der Waals surface area contributed by atoms with Gasteiger partial charge in [0, 0.05) is 195 Å². The summed E-state index contributed by atoms with van der Waals surface area (Å²) in [4.78, 5) is 151. The second-order valence-electron chi connectivity index (χ2n) is 30.1. The summed E-state index contributed by atoms with van der Waals surface area (Å²) < 4.78 is 12.3. The van der Waals surface area contributed by atoms with Gasteiger partial charge in [0.15, 0.2) is 23.2 Å². The minimum atomic E-state index is -0.622. The van der Waals surface area contributed by atoms with Crippen LogP contribution in [0.3, 0.4) is 0 Å². The van der Waals surface area contributed by atoms with Crippen LogP contribution in [0.2, 0.25) is 0 Å². The van der Waals surface area contributed by atoms with Crippen LogP contribution in [-0.4, -0.2) is 168 Å². The van der Waals surface area contributed by atoms with Crippen molar-refractivity contribution in [1.82, 2.24) is 72.3 Å². The SMILES string of the molecule is CN(CCCNC(=O)CCN(C)c1ccnc(CSC(c2ccccc2)(c2ccccc2)c2ccccc2)c1)CCCNC(=O)c1cc(NC(=O)c2cc(NC(=O)c3cc(NC(=O)c4nc(NC(=O)CCCNC(=O)c5cc(CC(=O)c6cc(CC(=O)c7cc(CC(=O)c8nccn8C)cn7C)cn6C)cn5C)cn4C)cn3C)cn2C)cn1C. The Labute approximate surface area is 699 Å². The van der Waals surface area contributed by atoms with E-state index in [4.69, 9.17) is 4.98 Å². The lowest BCUT2D eigenvalue weighted by Crippen LogP contribution is -2.32. The van der Waals surface area contributed by atoms with Gasteiger partial charge < -0.3 is 83.6 Å². The topological polar surface area (TPSA) is 340 Å². The molecule has 0 aliphatic rings. The maximum Gasteiger partial charge on any atom is 0.291 e. The van der Waals surface area contributed by atoms with Gasteiger partial charge in [-0.25, -0.2) is 9.97 Å². The van der Waals surface area contributed by atoms with Crippen LogP contribution >= 0.6 is 11.8 Å². The van der Waals surface area contributed by atoms with E-state index in [0.29, 0.717) is 94.9 Å². The first-order chi connectivity index (χ1) is 57.7. The standard InChI is InChI=1S/C89H100N20O10S/c1-100(37-21-33-91-80(113)31-39-101(2)69-30-35-90-68(47-69)58-120-89(62-23-14-11-15-24-62,63-25-16-12-17-26-63)64-27-18-13-19-28-64)38-22-34-94-85(116)73-48-65(54-106(73)7)95-86(117)74-49-66(55-107(74)8)96-87(118)75-50-67(56-108(75)9)97-88(119)83-99-79(57-109(83)10)98-81(114)29-20-32-93-84(115)72-43-61(53-105(72)6)45-77(111)70-41-59(51-103(70)4)44-76(110)71-42-60(52-104(71)5)46-78(112)82-92-36-40-102(82)3/h11-19,23-28,30,35-36,40-43,47-57H,20-22,29,31-34,37-39,44-46,58H2,1-10H3,(H,91,113)(H,93,115)(H,94,116)(H,95,117)(H,96,118)(H,97,119)(H,98,114). The lowest BCUT2D eigenvalue weighted by atomic mass is 9.84. The van der Waals surface area contributed by atoms with Crippen LogP contribution in [0, 0.1) is 0 Å². The molecule has 12 aromatic rings. The maximum atomic E-state index is 13.7. The number of amides is 7. The van der Waals surface area contributed by atoms with Crippen molar-refractivity contribution in [2.75, 3.05) is 79.5 Å². The van der Waals surface area contributed by atoms with Crippen LogP contribution in [0.4, 0.5) is 28.6 Å². The Morgan fingerprint density at radius 1 is 0.392 bits per heavy atom. The monoisotopic (exact) mass is 1640 g/mol. The molecule has 9 heterocycles. The third kappa shape index (κ3) is 21.4. The Bertz CT molecular complexity index is 5620. The fourth-order valence-corrected chi connectivity index (χ4v) is 16.0. The number of aryl methyl sites for hydroxylation is 8. The molecule has 7 N–H and O–H groups in total. The maximum absolute atomic E-state index is 13.7. The number of nitrogens with zero attached hydrogens (tertiary/aromatic N) is 13. The molecule has 12 rings (SSSR count). The summed E-state index contributed by atoms with van der Waals surface area (Å²) in [6.07, 6.45) is 18.7. The zero-order valence-corrected chi connectivity index (χ0v) is 69.8. The Hall–Kier alpha value is -13.7. The number of hydrogen-bond donors (Lipinski definition) is 7. The largest absolute Gasteiger partial charge is 0.374 e. The lowest BCUT2D eigenvalue weighted by Gasteiger charge is -2.35. The lowest BCUT2D eigenvalue weighted by molar-refractivity contribution is -0.121. The van der Waals surface area contributed by atoms with E-state index in [2.05, 4.69) is 136 Å². The number of thioether (sulfide) groups is 1. The molecule has 0 saturated carbocycles. The number of aromatic nitrogens is 11. The number of benzene rings is 3. The first kappa shape index (κ1) is 85.7. The summed E-state index contributed by atoms with van der Waals surface area (Å²) in [5.74, 6) is -2.26. The van der Waals surface area contributed by atoms with Crippen molar-refractivity contribution in [3.63, 3.8) is 0 Å². The number of ketones is 3. The summed E-state index contributed by atoms with van der Waals surface area (Å²) in [5, 5.41) is 20.0. The number of imidazole rings is 2. The van der Waals surface area contributed by atoms with E-state index in [-0.39, 0.29) is 96.5 Å². The molecule has 0 aliphatic carbocycles. The molecule has 0 aliphatic heterocycles. The summed E-state index contributed by atoms with van der Waals surface area (Å²) in [6, 6.07) is 45.5. The third-order valence-corrected chi connectivity index (χ3v) is 22.4. The molecular weight excluding hydrogens is 1540 g/mol. The number of rotatable bonds is 40. The van der Waals surface area contributed by atoms with Crippen molar-refractivity contribution in [1.29, 1.82) is 0 Å². The summed E-state index contributed by atoms with van der Waals surface area (Å²) >= 11 is 1.84. The van der Waals surface area contributed by atoms with Gasteiger partial charge in [-0.3, -0.25) is 52.9 Å². The van der Waals surface area contributed by atoms with Crippen molar-refractivity contribution in [2.24, 2.45) is 56.4 Å². The summed E-state index contributed by atoms with van der Waals surface area (Å²) in [6.45, 7) is 3.11. The molecule has 0 spiro atoms. The second kappa shape index (κ2) is 39.1. The van der Waals surface area contributed by atoms with Gasteiger partial charge in [-0.05, 0) is 121 Å². The normalized spacial score (nSPS) is 11.4. The van der Waals surface area contributed by atoms with Crippen LogP contribution in [0.25, 0.3) is 0 Å². The highest BCUT2D eigenvalue weighted by atomic mass is 32.2. The van der Waals surface area contributed by atoms with Crippen molar-refractivity contribution >= 4 is 99.0 Å². The smallest absolute Gasteiger partial charge is 0.291 e. The second-order valence-corrected chi connectivity index (χ2v) is 31.3. The molecule has 0 fully saturated rings. The number of carbonyl (C=O) groups is 10. The van der Waals surface area contributed by atoms with Gasteiger partial charge in [-0.2, -0.15) is 0 Å². The average molecular weight is 1640 g/mol. The summed E-state index contributed by atoms with van der Waals surface area (Å²) in [7, 11) is 17.5. The molecule has 9 aromatic heterocycles. The minimum Gasteiger partial charge on any atom is -0.374 e. The number of pyridine rings is 1. The van der Waals surface area contributed by atoms with Gasteiger partial charge in [0.1, 0.15) is 22.8 Å². The van der Waals surface area contributed by atoms with Crippen molar-refractivity contribution in [3.8, 4) is 0 Å². The predicted molar refractivity (Wildman–Crippen MR) is 462 cm³/mol. The van der Waals surface area contributed by atoms with Crippen LogP contribution in [0.5, 0.6) is 0 Å². The van der Waals surface area contributed by atoms with Gasteiger partial charge >= 0.3 is 0 Å². The molecule has 31 heteroatoms.